The molecule has 14 heavy (non-hydrogen) atoms. The van der Waals surface area contributed by atoms with Crippen molar-refractivity contribution in [1.29, 1.82) is 0 Å². The van der Waals surface area contributed by atoms with Crippen LogP contribution >= 0.6 is 15.9 Å². The van der Waals surface area contributed by atoms with Gasteiger partial charge in [0, 0.05) is 15.7 Å². The van der Waals surface area contributed by atoms with Gasteiger partial charge in [0.25, 0.3) is 0 Å². The lowest BCUT2D eigenvalue weighted by molar-refractivity contribution is -0.117. The Bertz CT molecular complexity index is 490. The summed E-state index contributed by atoms with van der Waals surface area (Å²) >= 11 is 3.38. The summed E-state index contributed by atoms with van der Waals surface area (Å²) in [6.07, 6.45) is 0.256. The highest BCUT2D eigenvalue weighted by Crippen LogP contribution is 2.20. The van der Waals surface area contributed by atoms with E-state index in [-0.39, 0.29) is 12.3 Å². The number of H-pyrrole nitrogens is 1. The van der Waals surface area contributed by atoms with Crippen molar-refractivity contribution < 1.29 is 4.79 Å². The molecule has 72 valence electrons. The summed E-state index contributed by atoms with van der Waals surface area (Å²) in [5.41, 5.74) is 6.97. The van der Waals surface area contributed by atoms with Crippen LogP contribution in [0.2, 0.25) is 0 Å². The Labute approximate surface area is 89.4 Å². The van der Waals surface area contributed by atoms with E-state index < -0.39 is 0 Å². The van der Waals surface area contributed by atoms with Crippen molar-refractivity contribution in [1.82, 2.24) is 4.98 Å². The van der Waals surface area contributed by atoms with Crippen molar-refractivity contribution in [2.24, 2.45) is 5.73 Å². The zero-order valence-corrected chi connectivity index (χ0v) is 8.97. The standard InChI is InChI=1S/C10H9BrN2O/c11-7-2-1-6-3-8(5-10(12)14)13-9(6)4-7/h1-4,13H,5H2,(H2,12,14). The SMILES string of the molecule is NC(=O)Cc1cc2ccc(Br)cc2[nH]1. The number of amides is 1. The van der Waals surface area contributed by atoms with Crippen molar-refractivity contribution in [3.05, 3.63) is 34.4 Å². The van der Waals surface area contributed by atoms with Crippen LogP contribution in [0.3, 0.4) is 0 Å². The number of aromatic nitrogens is 1. The zero-order chi connectivity index (χ0) is 10.1. The van der Waals surface area contributed by atoms with Gasteiger partial charge in [0.05, 0.1) is 6.42 Å². The highest BCUT2D eigenvalue weighted by molar-refractivity contribution is 9.10. The Morgan fingerprint density at radius 1 is 1.43 bits per heavy atom. The molecule has 0 aliphatic heterocycles. The lowest BCUT2D eigenvalue weighted by Gasteiger charge is -1.90. The second-order valence-corrected chi connectivity index (χ2v) is 4.08. The number of benzene rings is 1. The first kappa shape index (κ1) is 9.27. The van der Waals surface area contributed by atoms with Gasteiger partial charge < -0.3 is 10.7 Å². The maximum atomic E-state index is 10.7. The first-order chi connectivity index (χ1) is 6.65. The quantitative estimate of drug-likeness (QED) is 0.844. The molecule has 0 saturated carbocycles. The molecule has 2 rings (SSSR count). The summed E-state index contributed by atoms with van der Waals surface area (Å²) in [7, 11) is 0. The predicted octanol–water partition coefficient (Wildman–Crippen LogP) is 1.96. The minimum Gasteiger partial charge on any atom is -0.369 e. The van der Waals surface area contributed by atoms with E-state index in [0.29, 0.717) is 0 Å². The minimum absolute atomic E-state index is 0.256. The lowest BCUT2D eigenvalue weighted by Crippen LogP contribution is -2.13. The number of carbonyl (C=O) groups is 1. The second kappa shape index (κ2) is 3.46. The number of rotatable bonds is 2. The summed E-state index contributed by atoms with van der Waals surface area (Å²) in [5.74, 6) is -0.323. The normalized spacial score (nSPS) is 10.6. The fraction of sp³-hybridized carbons (Fsp3) is 0.100. The Kier molecular flexibility index (Phi) is 2.29. The van der Waals surface area contributed by atoms with Crippen LogP contribution in [0.1, 0.15) is 5.69 Å². The van der Waals surface area contributed by atoms with Crippen LogP contribution < -0.4 is 5.73 Å². The van der Waals surface area contributed by atoms with Gasteiger partial charge in [-0.1, -0.05) is 22.0 Å². The van der Waals surface area contributed by atoms with Crippen LogP contribution in [0.5, 0.6) is 0 Å². The Balaban J connectivity index is 2.46. The molecule has 0 saturated heterocycles. The van der Waals surface area contributed by atoms with E-state index in [4.69, 9.17) is 5.73 Å². The molecule has 1 aromatic heterocycles. The number of nitrogens with two attached hydrogens (primary N) is 1. The van der Waals surface area contributed by atoms with Gasteiger partial charge in [0.15, 0.2) is 0 Å². The van der Waals surface area contributed by atoms with Gasteiger partial charge in [-0.15, -0.1) is 0 Å². The first-order valence-corrected chi connectivity index (χ1v) is 5.00. The zero-order valence-electron chi connectivity index (χ0n) is 7.38. The maximum Gasteiger partial charge on any atom is 0.223 e. The van der Waals surface area contributed by atoms with Crippen LogP contribution in [0.15, 0.2) is 28.7 Å². The lowest BCUT2D eigenvalue weighted by atomic mass is 10.2. The van der Waals surface area contributed by atoms with Gasteiger partial charge in [-0.2, -0.15) is 0 Å². The van der Waals surface area contributed by atoms with Crippen molar-refractivity contribution in [3.8, 4) is 0 Å². The number of aromatic amines is 1. The molecule has 2 aromatic rings. The largest absolute Gasteiger partial charge is 0.369 e. The summed E-state index contributed by atoms with van der Waals surface area (Å²) in [6, 6.07) is 7.86. The molecule has 1 aromatic carbocycles. The molecule has 3 N–H and O–H groups in total. The minimum atomic E-state index is -0.323. The summed E-state index contributed by atoms with van der Waals surface area (Å²) in [4.78, 5) is 13.8. The topological polar surface area (TPSA) is 58.9 Å². The number of primary amides is 1. The van der Waals surface area contributed by atoms with Crippen LogP contribution in [0.25, 0.3) is 10.9 Å². The highest BCUT2D eigenvalue weighted by Gasteiger charge is 2.03. The van der Waals surface area contributed by atoms with Crippen LogP contribution in [-0.4, -0.2) is 10.9 Å². The van der Waals surface area contributed by atoms with Crippen LogP contribution in [0, 0.1) is 0 Å². The van der Waals surface area contributed by atoms with Gasteiger partial charge in [-0.25, -0.2) is 0 Å². The summed E-state index contributed by atoms with van der Waals surface area (Å²) in [6.45, 7) is 0. The number of hydrogen-bond donors (Lipinski definition) is 2. The van der Waals surface area contributed by atoms with Gasteiger partial charge >= 0.3 is 0 Å². The fourth-order valence-corrected chi connectivity index (χ4v) is 1.80. The molecule has 0 aliphatic rings. The Hall–Kier alpha value is -1.29. The fourth-order valence-electron chi connectivity index (χ4n) is 1.44. The monoisotopic (exact) mass is 252 g/mol. The van der Waals surface area contributed by atoms with Crippen LogP contribution in [0.4, 0.5) is 0 Å². The van der Waals surface area contributed by atoms with Crippen molar-refractivity contribution >= 4 is 32.7 Å². The Morgan fingerprint density at radius 2 is 2.21 bits per heavy atom. The van der Waals surface area contributed by atoms with E-state index in [1.54, 1.807) is 0 Å². The molecule has 0 radical (unpaired) electrons. The summed E-state index contributed by atoms with van der Waals surface area (Å²) in [5, 5.41) is 1.09. The van der Waals surface area contributed by atoms with Gasteiger partial charge in [-0.05, 0) is 23.6 Å². The average Bonchev–Trinajstić information content (AvgIpc) is 2.44. The van der Waals surface area contributed by atoms with E-state index in [1.165, 1.54) is 0 Å². The predicted molar refractivity (Wildman–Crippen MR) is 58.9 cm³/mol. The first-order valence-electron chi connectivity index (χ1n) is 4.20. The van der Waals surface area contributed by atoms with Crippen molar-refractivity contribution in [2.45, 2.75) is 6.42 Å². The Morgan fingerprint density at radius 3 is 2.93 bits per heavy atom. The van der Waals surface area contributed by atoms with E-state index in [9.17, 15) is 4.79 Å². The molecule has 1 amide bonds. The maximum absolute atomic E-state index is 10.7. The summed E-state index contributed by atoms with van der Waals surface area (Å²) < 4.78 is 1.01. The highest BCUT2D eigenvalue weighted by atomic mass is 79.9. The van der Waals surface area contributed by atoms with Crippen molar-refractivity contribution in [3.63, 3.8) is 0 Å². The molecular weight excluding hydrogens is 244 g/mol. The van der Waals surface area contributed by atoms with E-state index >= 15 is 0 Å². The van der Waals surface area contributed by atoms with Gasteiger partial charge in [-0.3, -0.25) is 4.79 Å². The number of hydrogen-bond acceptors (Lipinski definition) is 1. The van der Waals surface area contributed by atoms with Gasteiger partial charge in [0.2, 0.25) is 5.91 Å². The average molecular weight is 253 g/mol. The molecule has 0 bridgehead atoms. The van der Waals surface area contributed by atoms with E-state index in [2.05, 4.69) is 20.9 Å². The van der Waals surface area contributed by atoms with Crippen LogP contribution in [-0.2, 0) is 11.2 Å². The number of nitrogens with one attached hydrogen (secondary N) is 1. The van der Waals surface area contributed by atoms with Crippen molar-refractivity contribution in [2.75, 3.05) is 0 Å². The third-order valence-corrected chi connectivity index (χ3v) is 2.50. The number of carbonyl (C=O) groups excluding carboxylic acids is 1. The smallest absolute Gasteiger partial charge is 0.223 e. The molecular formula is C10H9BrN2O. The number of fused-ring (bicyclic) bond motifs is 1. The molecule has 0 atom stereocenters. The van der Waals surface area contributed by atoms with E-state index in [1.807, 2.05) is 24.3 Å². The molecule has 0 aliphatic carbocycles. The molecule has 0 spiro atoms. The number of halogens is 1. The third-order valence-electron chi connectivity index (χ3n) is 2.00. The molecule has 0 unspecified atom stereocenters. The molecule has 3 nitrogen and oxygen atoms in total. The van der Waals surface area contributed by atoms with Gasteiger partial charge in [0.1, 0.15) is 0 Å². The third kappa shape index (κ3) is 1.80. The molecule has 4 heteroatoms. The molecule has 1 heterocycles. The second-order valence-electron chi connectivity index (χ2n) is 3.17. The van der Waals surface area contributed by atoms with E-state index in [0.717, 1.165) is 21.1 Å². The molecule has 0 fully saturated rings.